The molecule has 0 spiro atoms. The van der Waals surface area contributed by atoms with Crippen LogP contribution in [0.1, 0.15) is 54.6 Å². The van der Waals surface area contributed by atoms with Crippen LogP contribution in [0.25, 0.3) is 22.6 Å². The maximum Gasteiger partial charge on any atom is 0.254 e. The normalized spacial score (nSPS) is 19.6. The molecule has 2 aromatic heterocycles. The Balaban J connectivity index is 1.46. The second-order valence-electron chi connectivity index (χ2n) is 10.3. The van der Waals surface area contributed by atoms with E-state index >= 15 is 0 Å². The average molecular weight is 487 g/mol. The maximum atomic E-state index is 14.1. The first-order valence-corrected chi connectivity index (χ1v) is 12.9. The van der Waals surface area contributed by atoms with Crippen molar-refractivity contribution in [1.82, 2.24) is 20.1 Å². The van der Waals surface area contributed by atoms with Gasteiger partial charge in [0.15, 0.2) is 0 Å². The number of fused-ring (bicyclic) bond motifs is 2. The van der Waals surface area contributed by atoms with Crippen LogP contribution in [-0.2, 0) is 11.2 Å². The van der Waals surface area contributed by atoms with Gasteiger partial charge < -0.3 is 14.6 Å². The number of nitrogens with zero attached hydrogens (tertiary/aromatic N) is 3. The molecule has 7 heteroatoms. The van der Waals surface area contributed by atoms with Crippen molar-refractivity contribution in [3.05, 3.63) is 65.2 Å². The molecule has 3 aromatic rings. The number of hydrogen-bond acceptors (Lipinski definition) is 5. The van der Waals surface area contributed by atoms with Crippen LogP contribution in [-0.4, -0.2) is 65.4 Å². The minimum atomic E-state index is 0.0313. The van der Waals surface area contributed by atoms with Gasteiger partial charge in [-0.3, -0.25) is 14.5 Å². The van der Waals surface area contributed by atoms with Crippen LogP contribution in [0.3, 0.4) is 0 Å². The largest absolute Gasteiger partial charge is 0.465 e. The van der Waals surface area contributed by atoms with Gasteiger partial charge >= 0.3 is 0 Å². The molecule has 2 amide bonds. The molecule has 1 unspecified atom stereocenters. The number of piperazine rings is 1. The van der Waals surface area contributed by atoms with E-state index in [0.29, 0.717) is 38.6 Å². The van der Waals surface area contributed by atoms with Crippen LogP contribution in [0, 0.1) is 5.92 Å². The Labute approximate surface area is 212 Å². The van der Waals surface area contributed by atoms with Crippen molar-refractivity contribution in [2.24, 2.45) is 5.92 Å². The van der Waals surface area contributed by atoms with Gasteiger partial charge in [0, 0.05) is 37.6 Å². The topological polar surface area (TPSA) is 78.7 Å². The number of para-hydroxylation sites is 1. The van der Waals surface area contributed by atoms with Gasteiger partial charge in [0.05, 0.1) is 29.6 Å². The zero-order valence-corrected chi connectivity index (χ0v) is 21.3. The van der Waals surface area contributed by atoms with E-state index in [1.807, 2.05) is 55.1 Å². The van der Waals surface area contributed by atoms with Crippen LogP contribution in [0.2, 0.25) is 0 Å². The summed E-state index contributed by atoms with van der Waals surface area (Å²) in [7, 11) is 0. The molecule has 1 aliphatic heterocycles. The summed E-state index contributed by atoms with van der Waals surface area (Å²) < 4.78 is 5.59. The highest BCUT2D eigenvalue weighted by Gasteiger charge is 2.31. The first-order valence-electron chi connectivity index (χ1n) is 12.9. The Morgan fingerprint density at radius 3 is 2.61 bits per heavy atom. The molecule has 1 fully saturated rings. The quantitative estimate of drug-likeness (QED) is 0.584. The lowest BCUT2D eigenvalue weighted by Crippen LogP contribution is -2.51. The Hall–Kier alpha value is -3.45. The Morgan fingerprint density at radius 1 is 1.11 bits per heavy atom. The zero-order valence-electron chi connectivity index (χ0n) is 21.3. The summed E-state index contributed by atoms with van der Waals surface area (Å²) in [6, 6.07) is 11.9. The van der Waals surface area contributed by atoms with E-state index in [1.165, 1.54) is 0 Å². The van der Waals surface area contributed by atoms with Crippen molar-refractivity contribution in [2.45, 2.75) is 39.7 Å². The third-order valence-electron chi connectivity index (χ3n) is 6.97. The molecule has 1 saturated heterocycles. The van der Waals surface area contributed by atoms with Crippen molar-refractivity contribution in [1.29, 1.82) is 0 Å². The summed E-state index contributed by atoms with van der Waals surface area (Å²) >= 11 is 0. The van der Waals surface area contributed by atoms with Gasteiger partial charge in [0.25, 0.3) is 5.91 Å². The van der Waals surface area contributed by atoms with E-state index in [9.17, 15) is 9.59 Å². The average Bonchev–Trinajstić information content (AvgIpc) is 3.35. The summed E-state index contributed by atoms with van der Waals surface area (Å²) in [5, 5.41) is 3.86. The molecule has 188 valence electrons. The number of allylic oxidation sites excluding steroid dienone is 1. The number of carbonyl (C=O) groups is 2. The van der Waals surface area contributed by atoms with Crippen LogP contribution in [0.4, 0.5) is 0 Å². The molecule has 3 heterocycles. The summed E-state index contributed by atoms with van der Waals surface area (Å²) in [5.74, 6) is 1.28. The van der Waals surface area contributed by atoms with Gasteiger partial charge in [-0.2, -0.15) is 0 Å². The van der Waals surface area contributed by atoms with E-state index in [-0.39, 0.29) is 17.9 Å². The molecule has 1 aliphatic carbocycles. The SMILES string of the molecule is CC1C/C(=C/c2ccco2)c2nc3ccccc3c(C(=O)N3CCN(CC(=O)NC(C)C)CC3)c2C1. The molecular formula is C29H34N4O3. The lowest BCUT2D eigenvalue weighted by atomic mass is 9.80. The van der Waals surface area contributed by atoms with Crippen LogP contribution in [0.15, 0.2) is 47.1 Å². The van der Waals surface area contributed by atoms with Gasteiger partial charge in [-0.25, -0.2) is 4.98 Å². The Morgan fingerprint density at radius 2 is 1.89 bits per heavy atom. The molecule has 0 saturated carbocycles. The number of pyridine rings is 1. The van der Waals surface area contributed by atoms with Gasteiger partial charge in [0.1, 0.15) is 5.76 Å². The van der Waals surface area contributed by atoms with Crippen LogP contribution < -0.4 is 5.32 Å². The standard InChI is InChI=1S/C29H34N4O3/c1-19(2)30-26(34)18-32-10-12-33(13-11-32)29(35)27-23-8-4-5-9-25(23)31-28-21(15-20(3)16-24(27)28)17-22-7-6-14-36-22/h4-9,14,17,19-20H,10-13,15-16,18H2,1-3H3,(H,30,34)/b21-17-. The number of amides is 2. The highest BCUT2D eigenvalue weighted by molar-refractivity contribution is 6.09. The van der Waals surface area contributed by atoms with E-state index in [4.69, 9.17) is 9.40 Å². The van der Waals surface area contributed by atoms with Gasteiger partial charge in [0.2, 0.25) is 5.91 Å². The molecule has 7 nitrogen and oxygen atoms in total. The number of furan rings is 1. The van der Waals surface area contributed by atoms with Crippen LogP contribution >= 0.6 is 0 Å². The summed E-state index contributed by atoms with van der Waals surface area (Å²) in [4.78, 5) is 35.3. The molecule has 0 bridgehead atoms. The molecule has 1 atom stereocenters. The second-order valence-corrected chi connectivity index (χ2v) is 10.3. The zero-order chi connectivity index (χ0) is 25.2. The molecular weight excluding hydrogens is 452 g/mol. The number of nitrogens with one attached hydrogen (secondary N) is 1. The third kappa shape index (κ3) is 5.07. The van der Waals surface area contributed by atoms with Crippen molar-refractivity contribution in [2.75, 3.05) is 32.7 Å². The lowest BCUT2D eigenvalue weighted by molar-refractivity contribution is -0.123. The fraction of sp³-hybridized carbons (Fsp3) is 0.414. The monoisotopic (exact) mass is 486 g/mol. The minimum absolute atomic E-state index is 0.0313. The fourth-order valence-corrected chi connectivity index (χ4v) is 5.36. The summed E-state index contributed by atoms with van der Waals surface area (Å²) in [5.41, 5.74) is 4.67. The van der Waals surface area contributed by atoms with Gasteiger partial charge in [-0.15, -0.1) is 0 Å². The first-order chi connectivity index (χ1) is 17.4. The van der Waals surface area contributed by atoms with E-state index in [0.717, 1.165) is 51.9 Å². The number of rotatable bonds is 5. The first kappa shape index (κ1) is 24.3. The molecule has 1 aromatic carbocycles. The molecule has 2 aliphatic rings. The number of aromatic nitrogens is 1. The van der Waals surface area contributed by atoms with Crippen LogP contribution in [0.5, 0.6) is 0 Å². The smallest absolute Gasteiger partial charge is 0.254 e. The van der Waals surface area contributed by atoms with E-state index < -0.39 is 0 Å². The fourth-order valence-electron chi connectivity index (χ4n) is 5.36. The lowest BCUT2D eigenvalue weighted by Gasteiger charge is -2.35. The second kappa shape index (κ2) is 10.3. The van der Waals surface area contributed by atoms with Gasteiger partial charge in [-0.1, -0.05) is 25.1 Å². The van der Waals surface area contributed by atoms with Crippen molar-refractivity contribution in [3.63, 3.8) is 0 Å². The van der Waals surface area contributed by atoms with E-state index in [2.05, 4.69) is 23.2 Å². The highest BCUT2D eigenvalue weighted by atomic mass is 16.3. The van der Waals surface area contributed by atoms with Crippen molar-refractivity contribution < 1.29 is 14.0 Å². The predicted octanol–water partition coefficient (Wildman–Crippen LogP) is 4.23. The molecule has 1 N–H and O–H groups in total. The van der Waals surface area contributed by atoms with Crippen molar-refractivity contribution >= 4 is 34.4 Å². The van der Waals surface area contributed by atoms with Crippen molar-refractivity contribution in [3.8, 4) is 0 Å². The number of benzene rings is 1. The Bertz CT molecular complexity index is 1290. The molecule has 5 rings (SSSR count). The highest BCUT2D eigenvalue weighted by Crippen LogP contribution is 2.39. The van der Waals surface area contributed by atoms with Gasteiger partial charge in [-0.05, 0) is 68.0 Å². The third-order valence-corrected chi connectivity index (χ3v) is 6.97. The number of hydrogen-bond donors (Lipinski definition) is 1. The molecule has 0 radical (unpaired) electrons. The minimum Gasteiger partial charge on any atom is -0.465 e. The summed E-state index contributed by atoms with van der Waals surface area (Å²) in [6.07, 6.45) is 5.45. The predicted molar refractivity (Wildman–Crippen MR) is 141 cm³/mol. The number of carbonyl (C=O) groups excluding carboxylic acids is 2. The van der Waals surface area contributed by atoms with E-state index in [1.54, 1.807) is 6.26 Å². The Kier molecular flexibility index (Phi) is 6.92. The summed E-state index contributed by atoms with van der Waals surface area (Å²) in [6.45, 7) is 9.09. The maximum absolute atomic E-state index is 14.1. The molecule has 36 heavy (non-hydrogen) atoms.